The third-order valence-corrected chi connectivity index (χ3v) is 5.45. The van der Waals surface area contributed by atoms with E-state index >= 15 is 0 Å². The molecule has 6 heteroatoms. The van der Waals surface area contributed by atoms with Gasteiger partial charge < -0.3 is 10.5 Å². The first-order chi connectivity index (χ1) is 9.96. The summed E-state index contributed by atoms with van der Waals surface area (Å²) in [6.07, 6.45) is 0. The van der Waals surface area contributed by atoms with Gasteiger partial charge in [-0.25, -0.2) is 8.42 Å². The predicted octanol–water partition coefficient (Wildman–Crippen LogP) is 0.715. The predicted molar refractivity (Wildman–Crippen MR) is 81.3 cm³/mol. The molecule has 1 aliphatic rings. The summed E-state index contributed by atoms with van der Waals surface area (Å²) in [5.41, 5.74) is 6.98. The summed E-state index contributed by atoms with van der Waals surface area (Å²) >= 11 is 0. The first-order valence-corrected chi connectivity index (χ1v) is 8.30. The number of hydrogen-bond donors (Lipinski definition) is 1. The molecule has 1 aromatic carbocycles. The van der Waals surface area contributed by atoms with Crippen molar-refractivity contribution in [3.63, 3.8) is 0 Å². The zero-order valence-corrected chi connectivity index (χ0v) is 13.1. The molecule has 1 atom stereocenters. The zero-order valence-electron chi connectivity index (χ0n) is 12.3. The average Bonchev–Trinajstić information content (AvgIpc) is 2.46. The van der Waals surface area contributed by atoms with Crippen LogP contribution in [0.5, 0.6) is 0 Å². The maximum Gasteiger partial charge on any atom is 0.243 e. The van der Waals surface area contributed by atoms with E-state index < -0.39 is 10.0 Å². The quantitative estimate of drug-likeness (QED) is 0.817. The Hall–Kier alpha value is -1.39. The second kappa shape index (κ2) is 6.58. The monoisotopic (exact) mass is 308 g/mol. The van der Waals surface area contributed by atoms with Gasteiger partial charge in [0.05, 0.1) is 24.7 Å². The minimum Gasteiger partial charge on any atom is -0.378 e. The molecular weight excluding hydrogens is 288 g/mol. The first kappa shape index (κ1) is 16.0. The molecule has 0 amide bonds. The van der Waals surface area contributed by atoms with Crippen molar-refractivity contribution in [3.8, 4) is 11.8 Å². The van der Waals surface area contributed by atoms with Gasteiger partial charge in [-0.3, -0.25) is 0 Å². The van der Waals surface area contributed by atoms with Crippen molar-refractivity contribution in [3.05, 3.63) is 29.3 Å². The van der Waals surface area contributed by atoms with E-state index in [0.29, 0.717) is 24.7 Å². The fourth-order valence-corrected chi connectivity index (χ4v) is 3.97. The Morgan fingerprint density at radius 1 is 1.48 bits per heavy atom. The van der Waals surface area contributed by atoms with Gasteiger partial charge in [0.2, 0.25) is 10.0 Å². The minimum absolute atomic E-state index is 0.152. The van der Waals surface area contributed by atoms with Gasteiger partial charge in [-0.1, -0.05) is 11.8 Å². The topological polar surface area (TPSA) is 72.6 Å². The minimum atomic E-state index is -3.49. The molecule has 2 rings (SSSR count). The molecule has 0 spiro atoms. The lowest BCUT2D eigenvalue weighted by Gasteiger charge is -2.32. The van der Waals surface area contributed by atoms with Crippen molar-refractivity contribution < 1.29 is 13.2 Å². The number of nitrogens with two attached hydrogens (primary N) is 1. The van der Waals surface area contributed by atoms with E-state index in [1.807, 2.05) is 13.8 Å². The van der Waals surface area contributed by atoms with Crippen LogP contribution in [0.25, 0.3) is 0 Å². The second-order valence-electron chi connectivity index (χ2n) is 5.02. The lowest BCUT2D eigenvalue weighted by Crippen LogP contribution is -2.46. The van der Waals surface area contributed by atoms with Gasteiger partial charge >= 0.3 is 0 Å². The Bertz CT molecular complexity index is 674. The van der Waals surface area contributed by atoms with Crippen LogP contribution in [-0.2, 0) is 14.8 Å². The van der Waals surface area contributed by atoms with Gasteiger partial charge in [0.25, 0.3) is 0 Å². The summed E-state index contributed by atoms with van der Waals surface area (Å²) in [6.45, 7) is 5.23. The lowest BCUT2D eigenvalue weighted by atomic mass is 10.1. The molecule has 1 saturated heterocycles. The fourth-order valence-electron chi connectivity index (χ4n) is 2.29. The highest BCUT2D eigenvalue weighted by Gasteiger charge is 2.31. The molecule has 0 radical (unpaired) electrons. The van der Waals surface area contributed by atoms with Crippen LogP contribution in [0.1, 0.15) is 18.1 Å². The number of hydrogen-bond acceptors (Lipinski definition) is 4. The van der Waals surface area contributed by atoms with Gasteiger partial charge in [-0.2, -0.15) is 4.31 Å². The summed E-state index contributed by atoms with van der Waals surface area (Å²) in [5, 5.41) is 0. The van der Waals surface area contributed by atoms with Crippen LogP contribution in [-0.4, -0.2) is 45.1 Å². The molecule has 1 unspecified atom stereocenters. The third kappa shape index (κ3) is 3.44. The van der Waals surface area contributed by atoms with Gasteiger partial charge in [-0.05, 0) is 37.6 Å². The number of aryl methyl sites for hydroxylation is 1. The first-order valence-electron chi connectivity index (χ1n) is 6.86. The van der Waals surface area contributed by atoms with Crippen LogP contribution in [0, 0.1) is 18.8 Å². The zero-order chi connectivity index (χ0) is 15.5. The van der Waals surface area contributed by atoms with Crippen LogP contribution in [0.3, 0.4) is 0 Å². The van der Waals surface area contributed by atoms with Crippen molar-refractivity contribution in [2.45, 2.75) is 24.8 Å². The van der Waals surface area contributed by atoms with Crippen molar-refractivity contribution in [2.24, 2.45) is 5.73 Å². The SMILES string of the molecule is Cc1cc(S(=O)(=O)N2CCOCC2C)ccc1C#CCN. The molecule has 1 fully saturated rings. The molecular formula is C15H20N2O3S. The van der Waals surface area contributed by atoms with Crippen LogP contribution in [0.2, 0.25) is 0 Å². The largest absolute Gasteiger partial charge is 0.378 e. The Kier molecular flexibility index (Phi) is 5.01. The lowest BCUT2D eigenvalue weighted by molar-refractivity contribution is 0.0393. The molecule has 0 aromatic heterocycles. The van der Waals surface area contributed by atoms with E-state index in [0.717, 1.165) is 11.1 Å². The molecule has 21 heavy (non-hydrogen) atoms. The summed E-state index contributed by atoms with van der Waals surface area (Å²) in [6, 6.07) is 4.85. The molecule has 2 N–H and O–H groups in total. The molecule has 114 valence electrons. The number of rotatable bonds is 2. The maximum absolute atomic E-state index is 12.7. The van der Waals surface area contributed by atoms with E-state index in [1.165, 1.54) is 4.31 Å². The summed E-state index contributed by atoms with van der Waals surface area (Å²) in [7, 11) is -3.49. The number of morpholine rings is 1. The highest BCUT2D eigenvalue weighted by Crippen LogP contribution is 2.22. The highest BCUT2D eigenvalue weighted by atomic mass is 32.2. The Morgan fingerprint density at radius 3 is 2.86 bits per heavy atom. The van der Waals surface area contributed by atoms with E-state index in [4.69, 9.17) is 10.5 Å². The van der Waals surface area contributed by atoms with Gasteiger partial charge in [0, 0.05) is 18.2 Å². The van der Waals surface area contributed by atoms with Gasteiger partial charge in [0.15, 0.2) is 0 Å². The van der Waals surface area contributed by atoms with Crippen LogP contribution < -0.4 is 5.73 Å². The van der Waals surface area contributed by atoms with E-state index in [2.05, 4.69) is 11.8 Å². The number of sulfonamides is 1. The van der Waals surface area contributed by atoms with Crippen LogP contribution in [0.15, 0.2) is 23.1 Å². The molecule has 1 aliphatic heterocycles. The van der Waals surface area contributed by atoms with E-state index in [9.17, 15) is 8.42 Å². The molecule has 0 saturated carbocycles. The third-order valence-electron chi connectivity index (χ3n) is 3.44. The summed E-state index contributed by atoms with van der Waals surface area (Å²) in [5.74, 6) is 5.71. The average molecular weight is 308 g/mol. The molecule has 0 bridgehead atoms. The van der Waals surface area contributed by atoms with Crippen molar-refractivity contribution >= 4 is 10.0 Å². The number of ether oxygens (including phenoxy) is 1. The number of nitrogens with zero attached hydrogens (tertiary/aromatic N) is 1. The smallest absolute Gasteiger partial charge is 0.243 e. The second-order valence-corrected chi connectivity index (χ2v) is 6.91. The molecule has 5 nitrogen and oxygen atoms in total. The Morgan fingerprint density at radius 2 is 2.24 bits per heavy atom. The fraction of sp³-hybridized carbons (Fsp3) is 0.467. The standard InChI is InChI=1S/C15H20N2O3S/c1-12-10-15(6-5-14(12)4-3-7-16)21(18,19)17-8-9-20-11-13(17)2/h5-6,10,13H,7-9,11,16H2,1-2H3. The van der Waals surface area contributed by atoms with Crippen molar-refractivity contribution in [1.82, 2.24) is 4.31 Å². The molecule has 1 heterocycles. The van der Waals surface area contributed by atoms with Crippen LogP contribution in [0.4, 0.5) is 0 Å². The Balaban J connectivity index is 2.34. The Labute approximate surface area is 126 Å². The molecule has 0 aliphatic carbocycles. The normalized spacial score (nSPS) is 19.9. The van der Waals surface area contributed by atoms with Crippen molar-refractivity contribution in [2.75, 3.05) is 26.3 Å². The number of benzene rings is 1. The van der Waals surface area contributed by atoms with E-state index in [-0.39, 0.29) is 12.6 Å². The molecule has 1 aromatic rings. The summed E-state index contributed by atoms with van der Waals surface area (Å²) in [4.78, 5) is 0.298. The van der Waals surface area contributed by atoms with Gasteiger partial charge in [0.1, 0.15) is 0 Å². The van der Waals surface area contributed by atoms with Crippen molar-refractivity contribution in [1.29, 1.82) is 0 Å². The van der Waals surface area contributed by atoms with E-state index in [1.54, 1.807) is 18.2 Å². The van der Waals surface area contributed by atoms with Crippen LogP contribution >= 0.6 is 0 Å². The summed E-state index contributed by atoms with van der Waals surface area (Å²) < 4.78 is 32.2. The van der Waals surface area contributed by atoms with Gasteiger partial charge in [-0.15, -0.1) is 0 Å². The maximum atomic E-state index is 12.7. The highest BCUT2D eigenvalue weighted by molar-refractivity contribution is 7.89.